The average molecular weight is 373 g/mol. The summed E-state index contributed by atoms with van der Waals surface area (Å²) in [4.78, 5) is 18.4. The van der Waals surface area contributed by atoms with E-state index in [1.165, 1.54) is 6.33 Å². The van der Waals surface area contributed by atoms with Crippen LogP contribution in [-0.2, 0) is 11.3 Å². The standard InChI is InChI=1S/C19H27N5O3/c1-26-17-8-7-15(11-18(17)27-2)22-16-5-3-9-23(12-16)19(25)6-4-10-24-14-20-13-21-24/h7-8,11,13-14,16,22H,3-6,9-10,12H2,1-2H3/t16-/m1/s1. The second-order valence-electron chi connectivity index (χ2n) is 6.66. The molecule has 1 aliphatic heterocycles. The number of methoxy groups -OCH3 is 2. The molecule has 1 N–H and O–H groups in total. The minimum atomic E-state index is 0.203. The molecule has 1 fully saturated rings. The van der Waals surface area contributed by atoms with Gasteiger partial charge in [-0.05, 0) is 31.4 Å². The van der Waals surface area contributed by atoms with E-state index in [2.05, 4.69) is 15.4 Å². The monoisotopic (exact) mass is 373 g/mol. The summed E-state index contributed by atoms with van der Waals surface area (Å²) in [6.07, 6.45) is 6.53. The quantitative estimate of drug-likeness (QED) is 0.764. The van der Waals surface area contributed by atoms with E-state index >= 15 is 0 Å². The molecule has 1 amide bonds. The zero-order valence-electron chi connectivity index (χ0n) is 15.9. The molecule has 0 radical (unpaired) electrons. The molecule has 2 heterocycles. The summed E-state index contributed by atoms with van der Waals surface area (Å²) >= 11 is 0. The predicted molar refractivity (Wildman–Crippen MR) is 102 cm³/mol. The number of amides is 1. The van der Waals surface area contributed by atoms with Crippen LogP contribution in [0, 0.1) is 0 Å². The summed E-state index contributed by atoms with van der Waals surface area (Å²) in [5.74, 6) is 1.60. The Morgan fingerprint density at radius 1 is 1.30 bits per heavy atom. The van der Waals surface area contributed by atoms with Gasteiger partial charge >= 0.3 is 0 Å². The van der Waals surface area contributed by atoms with Crippen LogP contribution in [0.25, 0.3) is 0 Å². The number of carbonyl (C=O) groups excluding carboxylic acids is 1. The van der Waals surface area contributed by atoms with Crippen LogP contribution in [0.15, 0.2) is 30.9 Å². The lowest BCUT2D eigenvalue weighted by Crippen LogP contribution is -2.45. The number of aromatic nitrogens is 3. The average Bonchev–Trinajstić information content (AvgIpc) is 3.21. The molecule has 1 aromatic heterocycles. The normalized spacial score (nSPS) is 16.8. The Hall–Kier alpha value is -2.77. The van der Waals surface area contributed by atoms with Crippen LogP contribution in [0.4, 0.5) is 5.69 Å². The summed E-state index contributed by atoms with van der Waals surface area (Å²) in [5, 5.41) is 7.58. The van der Waals surface area contributed by atoms with Crippen LogP contribution in [0.5, 0.6) is 11.5 Å². The fraction of sp³-hybridized carbons (Fsp3) is 0.526. The van der Waals surface area contributed by atoms with E-state index in [-0.39, 0.29) is 11.9 Å². The Kier molecular flexibility index (Phi) is 6.51. The SMILES string of the molecule is COc1ccc(N[C@@H]2CCCN(C(=O)CCCn3cncn3)C2)cc1OC. The molecule has 146 valence electrons. The zero-order chi connectivity index (χ0) is 19.1. The third-order valence-corrected chi connectivity index (χ3v) is 4.77. The Morgan fingerprint density at radius 2 is 2.15 bits per heavy atom. The van der Waals surface area contributed by atoms with Gasteiger partial charge < -0.3 is 19.7 Å². The van der Waals surface area contributed by atoms with Gasteiger partial charge in [0.2, 0.25) is 5.91 Å². The Labute approximate surface area is 159 Å². The maximum absolute atomic E-state index is 12.5. The van der Waals surface area contributed by atoms with E-state index in [1.807, 2.05) is 23.1 Å². The van der Waals surface area contributed by atoms with Gasteiger partial charge in [0.25, 0.3) is 0 Å². The molecule has 27 heavy (non-hydrogen) atoms. The number of benzene rings is 1. The first-order valence-corrected chi connectivity index (χ1v) is 9.28. The molecule has 0 spiro atoms. The van der Waals surface area contributed by atoms with E-state index in [0.717, 1.165) is 38.0 Å². The number of likely N-dealkylation sites (tertiary alicyclic amines) is 1. The Balaban J connectivity index is 1.50. The molecule has 0 aliphatic carbocycles. The van der Waals surface area contributed by atoms with Crippen molar-refractivity contribution < 1.29 is 14.3 Å². The molecular formula is C19H27N5O3. The van der Waals surface area contributed by atoms with Crippen LogP contribution >= 0.6 is 0 Å². The summed E-state index contributed by atoms with van der Waals surface area (Å²) in [5.41, 5.74) is 0.970. The summed E-state index contributed by atoms with van der Waals surface area (Å²) in [7, 11) is 3.25. The van der Waals surface area contributed by atoms with Gasteiger partial charge in [-0.2, -0.15) is 5.10 Å². The summed E-state index contributed by atoms with van der Waals surface area (Å²) in [6, 6.07) is 6.02. The molecule has 1 saturated heterocycles. The second kappa shape index (κ2) is 9.25. The van der Waals surface area contributed by atoms with Gasteiger partial charge in [0, 0.05) is 43.9 Å². The van der Waals surface area contributed by atoms with Crippen molar-refractivity contribution in [2.45, 2.75) is 38.3 Å². The number of nitrogens with one attached hydrogen (secondary N) is 1. The third kappa shape index (κ3) is 5.12. The molecule has 1 aromatic carbocycles. The molecule has 2 aromatic rings. The largest absolute Gasteiger partial charge is 0.493 e. The van der Waals surface area contributed by atoms with E-state index in [9.17, 15) is 4.79 Å². The lowest BCUT2D eigenvalue weighted by atomic mass is 10.0. The van der Waals surface area contributed by atoms with E-state index in [1.54, 1.807) is 25.2 Å². The van der Waals surface area contributed by atoms with Crippen molar-refractivity contribution in [3.8, 4) is 11.5 Å². The molecular weight excluding hydrogens is 346 g/mol. The number of ether oxygens (including phenoxy) is 2. The summed E-state index contributed by atoms with van der Waals surface area (Å²) in [6.45, 7) is 2.26. The topological polar surface area (TPSA) is 81.5 Å². The van der Waals surface area contributed by atoms with Crippen LogP contribution in [0.3, 0.4) is 0 Å². The predicted octanol–water partition coefficient (Wildman–Crippen LogP) is 2.18. The highest BCUT2D eigenvalue weighted by atomic mass is 16.5. The highest BCUT2D eigenvalue weighted by Crippen LogP contribution is 2.30. The van der Waals surface area contributed by atoms with E-state index in [0.29, 0.717) is 24.5 Å². The molecule has 3 rings (SSSR count). The van der Waals surface area contributed by atoms with Crippen molar-refractivity contribution in [3.63, 3.8) is 0 Å². The van der Waals surface area contributed by atoms with E-state index in [4.69, 9.17) is 9.47 Å². The van der Waals surface area contributed by atoms with Crippen molar-refractivity contribution in [3.05, 3.63) is 30.9 Å². The minimum Gasteiger partial charge on any atom is -0.493 e. The summed E-state index contributed by atoms with van der Waals surface area (Å²) < 4.78 is 12.4. The Morgan fingerprint density at radius 3 is 2.89 bits per heavy atom. The molecule has 0 saturated carbocycles. The van der Waals surface area contributed by atoms with Gasteiger partial charge in [-0.3, -0.25) is 9.48 Å². The van der Waals surface area contributed by atoms with Crippen LogP contribution in [0.1, 0.15) is 25.7 Å². The first-order chi connectivity index (χ1) is 13.2. The van der Waals surface area contributed by atoms with Crippen molar-refractivity contribution in [2.24, 2.45) is 0 Å². The second-order valence-corrected chi connectivity index (χ2v) is 6.66. The zero-order valence-corrected chi connectivity index (χ0v) is 15.9. The van der Waals surface area contributed by atoms with Gasteiger partial charge in [-0.1, -0.05) is 0 Å². The van der Waals surface area contributed by atoms with Gasteiger partial charge in [0.1, 0.15) is 12.7 Å². The fourth-order valence-corrected chi connectivity index (χ4v) is 3.38. The molecule has 0 unspecified atom stereocenters. The fourth-order valence-electron chi connectivity index (χ4n) is 3.38. The van der Waals surface area contributed by atoms with Gasteiger partial charge in [-0.25, -0.2) is 4.98 Å². The number of nitrogens with zero attached hydrogens (tertiary/aromatic N) is 4. The maximum atomic E-state index is 12.5. The van der Waals surface area contributed by atoms with Crippen molar-refractivity contribution in [1.82, 2.24) is 19.7 Å². The molecule has 0 bridgehead atoms. The van der Waals surface area contributed by atoms with Gasteiger partial charge in [0.05, 0.1) is 14.2 Å². The number of hydrogen-bond acceptors (Lipinski definition) is 6. The molecule has 8 heteroatoms. The Bertz CT molecular complexity index is 735. The van der Waals surface area contributed by atoms with E-state index < -0.39 is 0 Å². The lowest BCUT2D eigenvalue weighted by Gasteiger charge is -2.34. The first-order valence-electron chi connectivity index (χ1n) is 9.28. The number of carbonyl (C=O) groups is 1. The first kappa shape index (κ1) is 19.0. The number of hydrogen-bond donors (Lipinski definition) is 1. The number of rotatable bonds is 8. The minimum absolute atomic E-state index is 0.203. The number of aryl methyl sites for hydroxylation is 1. The maximum Gasteiger partial charge on any atom is 0.222 e. The smallest absolute Gasteiger partial charge is 0.222 e. The van der Waals surface area contributed by atoms with Crippen LogP contribution < -0.4 is 14.8 Å². The molecule has 1 atom stereocenters. The highest BCUT2D eigenvalue weighted by molar-refractivity contribution is 5.76. The number of piperidine rings is 1. The molecule has 8 nitrogen and oxygen atoms in total. The van der Waals surface area contributed by atoms with Crippen LogP contribution in [0.2, 0.25) is 0 Å². The highest BCUT2D eigenvalue weighted by Gasteiger charge is 2.23. The lowest BCUT2D eigenvalue weighted by molar-refractivity contribution is -0.132. The van der Waals surface area contributed by atoms with Gasteiger partial charge in [-0.15, -0.1) is 0 Å². The van der Waals surface area contributed by atoms with Crippen molar-refractivity contribution in [1.29, 1.82) is 0 Å². The van der Waals surface area contributed by atoms with Crippen LogP contribution in [-0.4, -0.2) is 58.9 Å². The van der Waals surface area contributed by atoms with Gasteiger partial charge in [0.15, 0.2) is 11.5 Å². The number of anilines is 1. The van der Waals surface area contributed by atoms with Crippen molar-refractivity contribution in [2.75, 3.05) is 32.6 Å². The third-order valence-electron chi connectivity index (χ3n) is 4.77. The molecule has 1 aliphatic rings. The van der Waals surface area contributed by atoms with Crippen molar-refractivity contribution >= 4 is 11.6 Å².